The minimum Gasteiger partial charge on any atom is -0.497 e. The standard InChI is InChI=1S/C25H24N4O4/c1-33-19-7-5-17(6-8-19)15-29-24(31)9-10-28(25(29)32)23-12-26-11-21-20(23)3-2-4-22(21)27-13-18(14-27)16-30/h2-8,11-12,16,18H,9-10,13-15H2,1H3. The number of anilines is 2. The Morgan fingerprint density at radius 1 is 1.03 bits per heavy atom. The van der Waals surface area contributed by atoms with Gasteiger partial charge < -0.3 is 14.4 Å². The van der Waals surface area contributed by atoms with E-state index in [0.29, 0.717) is 25.3 Å². The summed E-state index contributed by atoms with van der Waals surface area (Å²) in [5.41, 5.74) is 2.52. The number of aromatic nitrogens is 1. The van der Waals surface area contributed by atoms with E-state index in [1.807, 2.05) is 42.5 Å². The highest BCUT2D eigenvalue weighted by Gasteiger charge is 2.34. The maximum absolute atomic E-state index is 13.4. The van der Waals surface area contributed by atoms with Crippen molar-refractivity contribution >= 4 is 40.4 Å². The Morgan fingerprint density at radius 3 is 2.55 bits per heavy atom. The molecule has 2 saturated heterocycles. The van der Waals surface area contributed by atoms with Crippen molar-refractivity contribution in [2.45, 2.75) is 13.0 Å². The van der Waals surface area contributed by atoms with Gasteiger partial charge in [-0.2, -0.15) is 0 Å². The Hall–Kier alpha value is -3.94. The molecule has 33 heavy (non-hydrogen) atoms. The van der Waals surface area contributed by atoms with Crippen molar-refractivity contribution in [2.75, 3.05) is 36.5 Å². The van der Waals surface area contributed by atoms with Crippen LogP contribution in [-0.4, -0.2) is 54.9 Å². The summed E-state index contributed by atoms with van der Waals surface area (Å²) >= 11 is 0. The first-order chi connectivity index (χ1) is 16.1. The molecule has 0 unspecified atom stereocenters. The van der Waals surface area contributed by atoms with E-state index < -0.39 is 0 Å². The topological polar surface area (TPSA) is 83.1 Å². The van der Waals surface area contributed by atoms with Gasteiger partial charge in [0.25, 0.3) is 0 Å². The Kier molecular flexibility index (Phi) is 5.42. The third-order valence-electron chi connectivity index (χ3n) is 6.31. The lowest BCUT2D eigenvalue weighted by Gasteiger charge is -2.39. The summed E-state index contributed by atoms with van der Waals surface area (Å²) in [6.45, 7) is 1.86. The molecule has 0 bridgehead atoms. The van der Waals surface area contributed by atoms with Crippen molar-refractivity contribution in [3.05, 3.63) is 60.4 Å². The van der Waals surface area contributed by atoms with Gasteiger partial charge in [-0.3, -0.25) is 19.6 Å². The summed E-state index contributed by atoms with van der Waals surface area (Å²) in [6, 6.07) is 12.9. The van der Waals surface area contributed by atoms with Gasteiger partial charge in [-0.15, -0.1) is 0 Å². The molecule has 3 aromatic rings. The molecule has 0 radical (unpaired) electrons. The highest BCUT2D eigenvalue weighted by atomic mass is 16.5. The molecule has 0 atom stereocenters. The molecule has 3 amide bonds. The third-order valence-corrected chi connectivity index (χ3v) is 6.31. The number of urea groups is 1. The fourth-order valence-electron chi connectivity index (χ4n) is 4.43. The van der Waals surface area contributed by atoms with Crippen LogP contribution >= 0.6 is 0 Å². The lowest BCUT2D eigenvalue weighted by molar-refractivity contribution is -0.129. The zero-order valence-electron chi connectivity index (χ0n) is 18.3. The van der Waals surface area contributed by atoms with Gasteiger partial charge in [0.15, 0.2) is 0 Å². The van der Waals surface area contributed by atoms with Crippen molar-refractivity contribution in [3.63, 3.8) is 0 Å². The van der Waals surface area contributed by atoms with E-state index in [4.69, 9.17) is 4.74 Å². The summed E-state index contributed by atoms with van der Waals surface area (Å²) in [5, 5.41) is 1.81. The van der Waals surface area contributed by atoms with E-state index in [1.165, 1.54) is 4.90 Å². The van der Waals surface area contributed by atoms with Crippen LogP contribution in [0.15, 0.2) is 54.9 Å². The Morgan fingerprint density at radius 2 is 1.82 bits per heavy atom. The van der Waals surface area contributed by atoms with E-state index in [2.05, 4.69) is 9.88 Å². The number of hydrogen-bond acceptors (Lipinski definition) is 6. The largest absolute Gasteiger partial charge is 0.497 e. The monoisotopic (exact) mass is 444 g/mol. The van der Waals surface area contributed by atoms with Crippen LogP contribution in [0.4, 0.5) is 16.2 Å². The van der Waals surface area contributed by atoms with Gasteiger partial charge in [0.05, 0.1) is 25.5 Å². The molecule has 0 aliphatic carbocycles. The molecule has 2 aliphatic heterocycles. The van der Waals surface area contributed by atoms with Crippen LogP contribution in [-0.2, 0) is 16.1 Å². The summed E-state index contributed by atoms with van der Waals surface area (Å²) in [5.74, 6) is 0.579. The van der Waals surface area contributed by atoms with Crippen molar-refractivity contribution in [3.8, 4) is 5.75 Å². The number of nitrogens with zero attached hydrogens (tertiary/aromatic N) is 4. The quantitative estimate of drug-likeness (QED) is 0.543. The van der Waals surface area contributed by atoms with Crippen molar-refractivity contribution in [2.24, 2.45) is 5.92 Å². The molecular formula is C25H24N4O4. The van der Waals surface area contributed by atoms with Crippen LogP contribution in [0, 0.1) is 5.92 Å². The van der Waals surface area contributed by atoms with Gasteiger partial charge in [0.1, 0.15) is 12.0 Å². The lowest BCUT2D eigenvalue weighted by atomic mass is 9.99. The maximum atomic E-state index is 13.4. The van der Waals surface area contributed by atoms with Crippen LogP contribution in [0.3, 0.4) is 0 Å². The van der Waals surface area contributed by atoms with Crippen molar-refractivity contribution < 1.29 is 19.1 Å². The fourth-order valence-corrected chi connectivity index (χ4v) is 4.43. The number of ether oxygens (including phenoxy) is 1. The number of imide groups is 1. The minimum atomic E-state index is -0.355. The number of methoxy groups -OCH3 is 1. The maximum Gasteiger partial charge on any atom is 0.331 e. The second-order valence-corrected chi connectivity index (χ2v) is 8.34. The molecule has 3 heterocycles. The molecule has 1 aromatic heterocycles. The number of pyridine rings is 1. The predicted molar refractivity (Wildman–Crippen MR) is 124 cm³/mol. The van der Waals surface area contributed by atoms with Gasteiger partial charge in [0.2, 0.25) is 5.91 Å². The molecule has 5 rings (SSSR count). The average molecular weight is 444 g/mol. The van der Waals surface area contributed by atoms with Crippen LogP contribution < -0.4 is 14.5 Å². The highest BCUT2D eigenvalue weighted by Crippen LogP contribution is 2.36. The number of benzene rings is 2. The number of carbonyl (C=O) groups excluding carboxylic acids is 3. The molecule has 2 aromatic carbocycles. The molecule has 8 heteroatoms. The van der Waals surface area contributed by atoms with E-state index in [1.54, 1.807) is 24.4 Å². The van der Waals surface area contributed by atoms with Gasteiger partial charge >= 0.3 is 6.03 Å². The molecule has 168 valence electrons. The number of carbonyl (C=O) groups is 3. The lowest BCUT2D eigenvalue weighted by Crippen LogP contribution is -2.52. The second-order valence-electron chi connectivity index (χ2n) is 8.34. The average Bonchev–Trinajstić information content (AvgIpc) is 2.81. The van der Waals surface area contributed by atoms with E-state index in [9.17, 15) is 14.4 Å². The van der Waals surface area contributed by atoms with Crippen LogP contribution in [0.25, 0.3) is 10.8 Å². The van der Waals surface area contributed by atoms with Crippen LogP contribution in [0.1, 0.15) is 12.0 Å². The molecular weight excluding hydrogens is 420 g/mol. The van der Waals surface area contributed by atoms with E-state index >= 15 is 0 Å². The first kappa shape index (κ1) is 20.9. The Bertz CT molecular complexity index is 1220. The summed E-state index contributed by atoms with van der Waals surface area (Å²) in [7, 11) is 1.59. The first-order valence-electron chi connectivity index (χ1n) is 10.9. The highest BCUT2D eigenvalue weighted by molar-refractivity contribution is 6.11. The number of fused-ring (bicyclic) bond motifs is 1. The normalized spacial score (nSPS) is 16.8. The number of aldehydes is 1. The van der Waals surface area contributed by atoms with Gasteiger partial charge in [-0.25, -0.2) is 4.79 Å². The summed E-state index contributed by atoms with van der Waals surface area (Å²) in [6.07, 6.45) is 4.70. The predicted octanol–water partition coefficient (Wildman–Crippen LogP) is 3.24. The Balaban J connectivity index is 1.44. The first-order valence-corrected chi connectivity index (χ1v) is 10.9. The molecule has 0 saturated carbocycles. The minimum absolute atomic E-state index is 0.0533. The molecule has 0 N–H and O–H groups in total. The van der Waals surface area contributed by atoms with E-state index in [0.717, 1.165) is 34.1 Å². The van der Waals surface area contributed by atoms with Crippen molar-refractivity contribution in [1.29, 1.82) is 0 Å². The van der Waals surface area contributed by atoms with Crippen LogP contribution in [0.5, 0.6) is 5.75 Å². The molecule has 2 fully saturated rings. The van der Waals surface area contributed by atoms with Gasteiger partial charge in [0, 0.05) is 54.6 Å². The molecule has 0 spiro atoms. The molecule has 2 aliphatic rings. The summed E-state index contributed by atoms with van der Waals surface area (Å²) in [4.78, 5) is 46.5. The zero-order valence-corrected chi connectivity index (χ0v) is 18.3. The number of hydrogen-bond donors (Lipinski definition) is 0. The third kappa shape index (κ3) is 3.77. The summed E-state index contributed by atoms with van der Waals surface area (Å²) < 4.78 is 5.18. The Labute approximate surface area is 191 Å². The number of rotatable bonds is 6. The van der Waals surface area contributed by atoms with Gasteiger partial charge in [-0.1, -0.05) is 24.3 Å². The van der Waals surface area contributed by atoms with Crippen molar-refractivity contribution in [1.82, 2.24) is 9.88 Å². The van der Waals surface area contributed by atoms with Gasteiger partial charge in [-0.05, 0) is 23.8 Å². The SMILES string of the molecule is COc1ccc(CN2C(=O)CCN(c3cncc4c(N5CC(C=O)C5)cccc34)C2=O)cc1. The fraction of sp³-hybridized carbons (Fsp3) is 0.280. The second kappa shape index (κ2) is 8.54. The zero-order chi connectivity index (χ0) is 22.9. The molecule has 8 nitrogen and oxygen atoms in total. The smallest absolute Gasteiger partial charge is 0.331 e. The van der Waals surface area contributed by atoms with E-state index in [-0.39, 0.29) is 30.8 Å². The number of amides is 3. The van der Waals surface area contributed by atoms with Crippen LogP contribution in [0.2, 0.25) is 0 Å².